The number of hydrogen-bond donors (Lipinski definition) is 1. The summed E-state index contributed by atoms with van der Waals surface area (Å²) in [5.41, 5.74) is 0.532. The highest BCUT2D eigenvalue weighted by molar-refractivity contribution is 7.92. The molecule has 1 aromatic heterocycles. The number of fused-ring (bicyclic) bond motifs is 1. The van der Waals surface area contributed by atoms with Crippen LogP contribution in [0.5, 0.6) is 0 Å². The van der Waals surface area contributed by atoms with Crippen molar-refractivity contribution in [1.29, 1.82) is 0 Å². The molecule has 6 nitrogen and oxygen atoms in total. The maximum atomic E-state index is 13.8. The SMILES string of the molecule is CS(=O)(=O)c1nc2ccc(NS(=O)(=O)Cc3c(F)cccc3Cl)cc2s1. The Labute approximate surface area is 158 Å². The molecule has 26 heavy (non-hydrogen) atoms. The third-order valence-electron chi connectivity index (χ3n) is 3.36. The van der Waals surface area contributed by atoms with Crippen molar-refractivity contribution in [2.45, 2.75) is 10.1 Å². The van der Waals surface area contributed by atoms with Crippen molar-refractivity contribution in [1.82, 2.24) is 4.98 Å². The van der Waals surface area contributed by atoms with Gasteiger partial charge in [-0.1, -0.05) is 17.7 Å². The summed E-state index contributed by atoms with van der Waals surface area (Å²) in [6.07, 6.45) is 1.05. The van der Waals surface area contributed by atoms with E-state index in [1.807, 2.05) is 0 Å². The molecule has 0 amide bonds. The van der Waals surface area contributed by atoms with Crippen LogP contribution in [0.25, 0.3) is 10.2 Å². The van der Waals surface area contributed by atoms with Crippen LogP contribution >= 0.6 is 22.9 Å². The number of nitrogens with one attached hydrogen (secondary N) is 1. The zero-order valence-corrected chi connectivity index (χ0v) is 16.4. The fraction of sp³-hybridized carbons (Fsp3) is 0.133. The van der Waals surface area contributed by atoms with Gasteiger partial charge >= 0.3 is 0 Å². The first-order chi connectivity index (χ1) is 12.0. The van der Waals surface area contributed by atoms with E-state index >= 15 is 0 Å². The van der Waals surface area contributed by atoms with Crippen molar-refractivity contribution in [3.8, 4) is 0 Å². The molecule has 1 N–H and O–H groups in total. The van der Waals surface area contributed by atoms with E-state index in [1.54, 1.807) is 0 Å². The second-order valence-corrected chi connectivity index (χ2v) is 10.8. The Morgan fingerprint density at radius 2 is 1.92 bits per heavy atom. The Morgan fingerprint density at radius 1 is 1.19 bits per heavy atom. The van der Waals surface area contributed by atoms with Crippen LogP contribution in [-0.2, 0) is 25.6 Å². The molecule has 0 saturated heterocycles. The summed E-state index contributed by atoms with van der Waals surface area (Å²) in [6, 6.07) is 8.36. The summed E-state index contributed by atoms with van der Waals surface area (Å²) in [5.74, 6) is -1.34. The molecular formula is C15H12ClFN2O4S3. The minimum atomic E-state index is -3.93. The van der Waals surface area contributed by atoms with E-state index in [-0.39, 0.29) is 20.6 Å². The quantitative estimate of drug-likeness (QED) is 0.664. The van der Waals surface area contributed by atoms with Crippen molar-refractivity contribution in [2.24, 2.45) is 0 Å². The summed E-state index contributed by atoms with van der Waals surface area (Å²) >= 11 is 6.80. The first-order valence-electron chi connectivity index (χ1n) is 7.09. The standard InChI is InChI=1S/C15H12ClFN2O4S3/c1-25(20,21)15-18-13-6-5-9(7-14(13)24-15)19-26(22,23)8-10-11(16)3-2-4-12(10)17/h2-7,19H,8H2,1H3. The molecule has 0 aliphatic rings. The molecule has 0 spiro atoms. The number of benzene rings is 2. The number of aromatic nitrogens is 1. The van der Waals surface area contributed by atoms with Crippen molar-refractivity contribution < 1.29 is 21.2 Å². The largest absolute Gasteiger partial charge is 0.283 e. The molecule has 0 radical (unpaired) electrons. The van der Waals surface area contributed by atoms with Gasteiger partial charge in [0.2, 0.25) is 24.2 Å². The fourth-order valence-corrected chi connectivity index (χ4v) is 5.62. The molecule has 0 aliphatic heterocycles. The van der Waals surface area contributed by atoms with Crippen molar-refractivity contribution in [3.05, 3.63) is 52.8 Å². The van der Waals surface area contributed by atoms with E-state index in [0.717, 1.165) is 23.7 Å². The Morgan fingerprint density at radius 3 is 2.58 bits per heavy atom. The highest BCUT2D eigenvalue weighted by Crippen LogP contribution is 2.29. The van der Waals surface area contributed by atoms with E-state index in [1.165, 1.54) is 30.3 Å². The average Bonchev–Trinajstić information content (AvgIpc) is 2.94. The molecule has 11 heteroatoms. The smallest absolute Gasteiger partial charge is 0.237 e. The molecule has 2 aromatic carbocycles. The number of anilines is 1. The molecule has 0 unspecified atom stereocenters. The topological polar surface area (TPSA) is 93.2 Å². The van der Waals surface area contributed by atoms with Crippen LogP contribution in [0.1, 0.15) is 5.56 Å². The number of sulfonamides is 1. The van der Waals surface area contributed by atoms with E-state index in [9.17, 15) is 21.2 Å². The Bertz CT molecular complexity index is 1190. The molecular weight excluding hydrogens is 423 g/mol. The van der Waals surface area contributed by atoms with Gasteiger partial charge in [-0.2, -0.15) is 0 Å². The maximum absolute atomic E-state index is 13.8. The summed E-state index contributed by atoms with van der Waals surface area (Å²) in [6.45, 7) is 0. The van der Waals surface area contributed by atoms with E-state index in [2.05, 4.69) is 9.71 Å². The van der Waals surface area contributed by atoms with Crippen LogP contribution in [0, 0.1) is 5.82 Å². The summed E-state index contributed by atoms with van der Waals surface area (Å²) < 4.78 is 64.4. The number of hydrogen-bond acceptors (Lipinski definition) is 6. The predicted molar refractivity (Wildman–Crippen MR) is 100 cm³/mol. The van der Waals surface area contributed by atoms with Gasteiger partial charge in [0.05, 0.1) is 21.7 Å². The lowest BCUT2D eigenvalue weighted by molar-refractivity contribution is 0.591. The lowest BCUT2D eigenvalue weighted by atomic mass is 10.2. The molecule has 0 aliphatic carbocycles. The van der Waals surface area contributed by atoms with Gasteiger partial charge in [-0.3, -0.25) is 4.72 Å². The monoisotopic (exact) mass is 434 g/mol. The molecule has 138 valence electrons. The summed E-state index contributed by atoms with van der Waals surface area (Å²) in [4.78, 5) is 4.00. The van der Waals surface area contributed by atoms with Gasteiger partial charge in [-0.05, 0) is 30.3 Å². The Kier molecular flexibility index (Phi) is 4.95. The maximum Gasteiger partial charge on any atom is 0.237 e. The summed E-state index contributed by atoms with van der Waals surface area (Å²) in [7, 11) is -7.38. The average molecular weight is 435 g/mol. The van der Waals surface area contributed by atoms with Crippen LogP contribution in [0.15, 0.2) is 40.7 Å². The first-order valence-corrected chi connectivity index (χ1v) is 11.8. The van der Waals surface area contributed by atoms with Crippen LogP contribution in [0.4, 0.5) is 10.1 Å². The fourth-order valence-electron chi connectivity index (χ4n) is 2.20. The van der Waals surface area contributed by atoms with Gasteiger partial charge in [-0.15, -0.1) is 11.3 Å². The van der Waals surface area contributed by atoms with E-state index < -0.39 is 31.4 Å². The molecule has 3 rings (SSSR count). The van der Waals surface area contributed by atoms with Crippen LogP contribution in [0.2, 0.25) is 5.02 Å². The lowest BCUT2D eigenvalue weighted by Gasteiger charge is -2.10. The number of halogens is 2. The normalized spacial score (nSPS) is 12.4. The highest BCUT2D eigenvalue weighted by atomic mass is 35.5. The second-order valence-electron chi connectivity index (χ2n) is 5.50. The minimum absolute atomic E-state index is 0.0195. The highest BCUT2D eigenvalue weighted by Gasteiger charge is 2.19. The van der Waals surface area contributed by atoms with E-state index in [0.29, 0.717) is 10.2 Å². The van der Waals surface area contributed by atoms with Gasteiger partial charge in [0.25, 0.3) is 0 Å². The third-order valence-corrected chi connectivity index (χ3v) is 7.62. The number of thiazole rings is 1. The van der Waals surface area contributed by atoms with Gasteiger partial charge in [0.1, 0.15) is 5.82 Å². The van der Waals surface area contributed by atoms with Gasteiger partial charge in [0.15, 0.2) is 0 Å². The van der Waals surface area contributed by atoms with Gasteiger partial charge < -0.3 is 0 Å². The Hall–Kier alpha value is -1.75. The zero-order chi connectivity index (χ0) is 19.1. The van der Waals surface area contributed by atoms with Crippen LogP contribution < -0.4 is 4.72 Å². The Balaban J connectivity index is 1.90. The molecule has 0 fully saturated rings. The third kappa shape index (κ3) is 4.14. The first kappa shape index (κ1) is 19.0. The second kappa shape index (κ2) is 6.76. The number of rotatable bonds is 5. The minimum Gasteiger partial charge on any atom is -0.283 e. The number of sulfone groups is 1. The number of nitrogens with zero attached hydrogens (tertiary/aromatic N) is 1. The molecule has 0 bridgehead atoms. The van der Waals surface area contributed by atoms with Crippen molar-refractivity contribution in [2.75, 3.05) is 11.0 Å². The van der Waals surface area contributed by atoms with Crippen molar-refractivity contribution in [3.63, 3.8) is 0 Å². The van der Waals surface area contributed by atoms with Gasteiger partial charge in [-0.25, -0.2) is 26.2 Å². The molecule has 0 saturated carbocycles. The lowest BCUT2D eigenvalue weighted by Crippen LogP contribution is -2.16. The van der Waals surface area contributed by atoms with Crippen LogP contribution in [-0.4, -0.2) is 28.1 Å². The van der Waals surface area contributed by atoms with Gasteiger partial charge in [0, 0.05) is 16.8 Å². The van der Waals surface area contributed by atoms with Crippen molar-refractivity contribution >= 4 is 58.7 Å². The van der Waals surface area contributed by atoms with E-state index in [4.69, 9.17) is 11.6 Å². The molecule has 3 aromatic rings. The summed E-state index contributed by atoms with van der Waals surface area (Å²) in [5, 5.41) is 0.0195. The predicted octanol–water partition coefficient (Wildman–Crippen LogP) is 3.43. The molecule has 1 heterocycles. The molecule has 0 atom stereocenters. The zero-order valence-electron chi connectivity index (χ0n) is 13.2. The van der Waals surface area contributed by atoms with Crippen LogP contribution in [0.3, 0.4) is 0 Å².